The number of nitrogens with zero attached hydrogens (tertiary/aromatic N) is 1. The molecule has 114 valence electrons. The molecule has 0 aliphatic heterocycles. The van der Waals surface area contributed by atoms with Crippen molar-refractivity contribution < 1.29 is 14.3 Å². The molecule has 0 unspecified atom stereocenters. The Bertz CT molecular complexity index is 264. The van der Waals surface area contributed by atoms with E-state index in [1.54, 1.807) is 0 Å². The van der Waals surface area contributed by atoms with Crippen molar-refractivity contribution >= 4 is 5.78 Å². The third-order valence-electron chi connectivity index (χ3n) is 3.16. The minimum Gasteiger partial charge on any atom is -0.378 e. The van der Waals surface area contributed by atoms with E-state index in [0.717, 1.165) is 6.54 Å². The normalized spacial score (nSPS) is 13.1. The molecule has 0 aromatic heterocycles. The van der Waals surface area contributed by atoms with Gasteiger partial charge in [0.15, 0.2) is 5.78 Å². The lowest BCUT2D eigenvalue weighted by Crippen LogP contribution is -2.40. The van der Waals surface area contributed by atoms with Gasteiger partial charge >= 0.3 is 0 Å². The van der Waals surface area contributed by atoms with E-state index in [2.05, 4.69) is 32.7 Å². The molecule has 0 aliphatic carbocycles. The average molecular weight is 273 g/mol. The lowest BCUT2D eigenvalue weighted by molar-refractivity contribution is -0.131. The molecule has 0 fully saturated rings. The first kappa shape index (κ1) is 18.6. The molecule has 0 heterocycles. The van der Waals surface area contributed by atoms with Gasteiger partial charge in [-0.3, -0.25) is 9.69 Å². The Morgan fingerprint density at radius 1 is 0.947 bits per heavy atom. The van der Waals surface area contributed by atoms with Gasteiger partial charge in [0.05, 0.1) is 19.8 Å². The van der Waals surface area contributed by atoms with E-state index >= 15 is 0 Å². The Morgan fingerprint density at radius 3 is 1.95 bits per heavy atom. The zero-order valence-electron chi connectivity index (χ0n) is 13.7. The minimum absolute atomic E-state index is 0.125. The number of hydrogen-bond acceptors (Lipinski definition) is 4. The fourth-order valence-corrected chi connectivity index (χ4v) is 1.14. The average Bonchev–Trinajstić information content (AvgIpc) is 2.24. The number of carbonyl (C=O) groups is 1. The second kappa shape index (κ2) is 7.98. The van der Waals surface area contributed by atoms with E-state index in [1.165, 1.54) is 0 Å². The molecular weight excluding hydrogens is 242 g/mol. The fourth-order valence-electron chi connectivity index (χ4n) is 1.14. The minimum atomic E-state index is -0.323. The molecule has 0 radical (unpaired) electrons. The summed E-state index contributed by atoms with van der Waals surface area (Å²) in [5, 5.41) is 0. The summed E-state index contributed by atoms with van der Waals surface area (Å²) in [6, 6.07) is 0. The van der Waals surface area contributed by atoms with Crippen LogP contribution in [0.3, 0.4) is 0 Å². The number of hydrogen-bond donors (Lipinski definition) is 0. The molecule has 0 bridgehead atoms. The molecule has 0 aliphatic rings. The molecule has 4 heteroatoms. The van der Waals surface area contributed by atoms with Crippen molar-refractivity contribution in [3.8, 4) is 0 Å². The van der Waals surface area contributed by atoms with Crippen LogP contribution in [-0.4, -0.2) is 56.2 Å². The van der Waals surface area contributed by atoms with E-state index in [-0.39, 0.29) is 23.3 Å². The Kier molecular flexibility index (Phi) is 7.79. The predicted octanol–water partition coefficient (Wildman–Crippen LogP) is 2.37. The van der Waals surface area contributed by atoms with Crippen molar-refractivity contribution in [3.63, 3.8) is 0 Å². The van der Waals surface area contributed by atoms with E-state index in [4.69, 9.17) is 9.47 Å². The topological polar surface area (TPSA) is 38.8 Å². The Labute approximate surface area is 118 Å². The van der Waals surface area contributed by atoms with Crippen LogP contribution in [0.25, 0.3) is 0 Å². The molecule has 0 rings (SSSR count). The van der Waals surface area contributed by atoms with Crippen LogP contribution < -0.4 is 0 Å². The molecular formula is C15H31NO3. The largest absolute Gasteiger partial charge is 0.378 e. The predicted molar refractivity (Wildman–Crippen MR) is 78.5 cm³/mol. The SMILES string of the molecule is CN(CCOCCOCC(=O)C(C)(C)C)C(C)(C)C. The van der Waals surface area contributed by atoms with Crippen molar-refractivity contribution in [1.82, 2.24) is 4.90 Å². The summed E-state index contributed by atoms with van der Waals surface area (Å²) >= 11 is 0. The van der Waals surface area contributed by atoms with Crippen LogP contribution in [0.4, 0.5) is 0 Å². The summed E-state index contributed by atoms with van der Waals surface area (Å²) in [6.45, 7) is 15.0. The van der Waals surface area contributed by atoms with E-state index in [0.29, 0.717) is 19.8 Å². The second-order valence-electron chi connectivity index (χ2n) is 6.93. The second-order valence-corrected chi connectivity index (χ2v) is 6.93. The molecule has 4 nitrogen and oxygen atoms in total. The Morgan fingerprint density at radius 2 is 1.47 bits per heavy atom. The van der Waals surface area contributed by atoms with Gasteiger partial charge in [-0.1, -0.05) is 20.8 Å². The first-order valence-corrected chi connectivity index (χ1v) is 6.95. The molecule has 0 aromatic rings. The summed E-state index contributed by atoms with van der Waals surface area (Å²) in [5.41, 5.74) is -0.157. The van der Waals surface area contributed by atoms with E-state index in [1.807, 2.05) is 20.8 Å². The molecule has 0 spiro atoms. The van der Waals surface area contributed by atoms with Gasteiger partial charge < -0.3 is 9.47 Å². The molecule has 0 atom stereocenters. The van der Waals surface area contributed by atoms with Crippen LogP contribution in [0.1, 0.15) is 41.5 Å². The van der Waals surface area contributed by atoms with Gasteiger partial charge in [0.1, 0.15) is 6.61 Å². The monoisotopic (exact) mass is 273 g/mol. The maximum atomic E-state index is 11.6. The van der Waals surface area contributed by atoms with Crippen LogP contribution in [-0.2, 0) is 14.3 Å². The number of ketones is 1. The molecule has 0 saturated heterocycles. The lowest BCUT2D eigenvalue weighted by Gasteiger charge is -2.31. The first-order chi connectivity index (χ1) is 8.55. The highest BCUT2D eigenvalue weighted by molar-refractivity contribution is 5.84. The van der Waals surface area contributed by atoms with Crippen molar-refractivity contribution in [2.45, 2.75) is 47.1 Å². The molecule has 0 N–H and O–H groups in total. The van der Waals surface area contributed by atoms with Crippen molar-refractivity contribution in [1.29, 1.82) is 0 Å². The zero-order valence-corrected chi connectivity index (χ0v) is 13.7. The number of Topliss-reactive ketones (excluding diaryl/α,β-unsaturated/α-hetero) is 1. The highest BCUT2D eigenvalue weighted by atomic mass is 16.5. The summed E-state index contributed by atoms with van der Waals surface area (Å²) in [4.78, 5) is 13.8. The van der Waals surface area contributed by atoms with Gasteiger partial charge in [-0.15, -0.1) is 0 Å². The van der Waals surface area contributed by atoms with Gasteiger partial charge in [-0.05, 0) is 27.8 Å². The quantitative estimate of drug-likeness (QED) is 0.636. The molecule has 0 saturated carbocycles. The van der Waals surface area contributed by atoms with Crippen molar-refractivity contribution in [3.05, 3.63) is 0 Å². The molecule has 0 amide bonds. The van der Waals surface area contributed by atoms with E-state index < -0.39 is 0 Å². The van der Waals surface area contributed by atoms with Gasteiger partial charge in [0, 0.05) is 17.5 Å². The molecule has 0 aromatic carbocycles. The lowest BCUT2D eigenvalue weighted by atomic mass is 9.91. The summed E-state index contributed by atoms with van der Waals surface area (Å²) in [7, 11) is 2.09. The highest BCUT2D eigenvalue weighted by Gasteiger charge is 2.20. The summed E-state index contributed by atoms with van der Waals surface area (Å²) < 4.78 is 10.8. The molecule has 19 heavy (non-hydrogen) atoms. The van der Waals surface area contributed by atoms with Gasteiger partial charge in [-0.25, -0.2) is 0 Å². The van der Waals surface area contributed by atoms with Gasteiger partial charge in [0.25, 0.3) is 0 Å². The van der Waals surface area contributed by atoms with E-state index in [9.17, 15) is 4.79 Å². The first-order valence-electron chi connectivity index (χ1n) is 6.95. The maximum absolute atomic E-state index is 11.6. The Hall–Kier alpha value is -0.450. The fraction of sp³-hybridized carbons (Fsp3) is 0.933. The van der Waals surface area contributed by atoms with Crippen LogP contribution in [0, 0.1) is 5.41 Å². The number of likely N-dealkylation sites (N-methyl/N-ethyl adjacent to an activating group) is 1. The number of rotatable bonds is 8. The number of carbonyl (C=O) groups excluding carboxylic acids is 1. The van der Waals surface area contributed by atoms with Crippen LogP contribution in [0.5, 0.6) is 0 Å². The smallest absolute Gasteiger partial charge is 0.163 e. The maximum Gasteiger partial charge on any atom is 0.163 e. The van der Waals surface area contributed by atoms with Crippen molar-refractivity contribution in [2.75, 3.05) is 40.0 Å². The van der Waals surface area contributed by atoms with Gasteiger partial charge in [0.2, 0.25) is 0 Å². The highest BCUT2D eigenvalue weighted by Crippen LogP contribution is 2.14. The van der Waals surface area contributed by atoms with Crippen molar-refractivity contribution in [2.24, 2.45) is 5.41 Å². The van der Waals surface area contributed by atoms with Crippen LogP contribution in [0.2, 0.25) is 0 Å². The zero-order chi connectivity index (χ0) is 15.1. The summed E-state index contributed by atoms with van der Waals surface area (Å²) in [5.74, 6) is 0.125. The standard InChI is InChI=1S/C15H31NO3/c1-14(2,3)13(17)12-19-11-10-18-9-8-16(7)15(4,5)6/h8-12H2,1-7H3. The summed E-state index contributed by atoms with van der Waals surface area (Å²) in [6.07, 6.45) is 0. The van der Waals surface area contributed by atoms with Crippen LogP contribution >= 0.6 is 0 Å². The third kappa shape index (κ3) is 9.14. The third-order valence-corrected chi connectivity index (χ3v) is 3.16. The van der Waals surface area contributed by atoms with Crippen LogP contribution in [0.15, 0.2) is 0 Å². The van der Waals surface area contributed by atoms with Gasteiger partial charge in [-0.2, -0.15) is 0 Å². The number of ether oxygens (including phenoxy) is 2. The Balaban J connectivity index is 3.50.